The van der Waals surface area contributed by atoms with Crippen LogP contribution in [0.3, 0.4) is 0 Å². The SMILES string of the molecule is CS(=O)(=O)N1[C@@H]2CC[C@H]1[C@@](Cc1cscn1)(C(=O)NC1CCOCC1)C2. The lowest BCUT2D eigenvalue weighted by atomic mass is 9.70. The Hall–Kier alpha value is -1.03. The second-order valence-electron chi connectivity index (χ2n) is 7.72. The molecule has 26 heavy (non-hydrogen) atoms. The quantitative estimate of drug-likeness (QED) is 0.803. The number of carbonyl (C=O) groups is 1. The van der Waals surface area contributed by atoms with E-state index in [-0.39, 0.29) is 24.0 Å². The molecule has 1 N–H and O–H groups in total. The molecule has 3 atom stereocenters. The lowest BCUT2D eigenvalue weighted by molar-refractivity contribution is -0.134. The zero-order valence-electron chi connectivity index (χ0n) is 14.9. The molecule has 3 fully saturated rings. The first-order valence-corrected chi connectivity index (χ1v) is 11.9. The maximum atomic E-state index is 13.4. The van der Waals surface area contributed by atoms with Gasteiger partial charge in [-0.1, -0.05) is 0 Å². The summed E-state index contributed by atoms with van der Waals surface area (Å²) in [5.74, 6) is -0.0155. The van der Waals surface area contributed by atoms with E-state index in [2.05, 4.69) is 10.3 Å². The molecular formula is C17H25N3O4S2. The molecule has 2 bridgehead atoms. The van der Waals surface area contributed by atoms with Crippen molar-refractivity contribution in [2.75, 3.05) is 19.5 Å². The fourth-order valence-corrected chi connectivity index (χ4v) is 7.01. The monoisotopic (exact) mass is 399 g/mol. The van der Waals surface area contributed by atoms with Crippen LogP contribution in [0.4, 0.5) is 0 Å². The van der Waals surface area contributed by atoms with Crippen LogP contribution in [0, 0.1) is 5.41 Å². The van der Waals surface area contributed by atoms with Crippen molar-refractivity contribution in [3.05, 3.63) is 16.6 Å². The van der Waals surface area contributed by atoms with Crippen LogP contribution in [0.1, 0.15) is 37.8 Å². The van der Waals surface area contributed by atoms with Gasteiger partial charge < -0.3 is 10.1 Å². The molecule has 0 spiro atoms. The highest BCUT2D eigenvalue weighted by Crippen LogP contribution is 2.52. The van der Waals surface area contributed by atoms with E-state index < -0.39 is 15.4 Å². The third kappa shape index (κ3) is 3.19. The van der Waals surface area contributed by atoms with Crippen LogP contribution in [0.2, 0.25) is 0 Å². The van der Waals surface area contributed by atoms with Crippen LogP contribution < -0.4 is 5.32 Å². The highest BCUT2D eigenvalue weighted by atomic mass is 32.2. The molecule has 4 rings (SSSR count). The Morgan fingerprint density at radius 3 is 2.77 bits per heavy atom. The molecule has 0 aromatic carbocycles. The number of hydrogen-bond donors (Lipinski definition) is 1. The van der Waals surface area contributed by atoms with Gasteiger partial charge in [-0.3, -0.25) is 4.79 Å². The van der Waals surface area contributed by atoms with Gasteiger partial charge in [0.05, 0.1) is 22.9 Å². The Labute approximate surface area is 158 Å². The first-order valence-electron chi connectivity index (χ1n) is 9.14. The fourth-order valence-electron chi connectivity index (χ4n) is 4.96. The minimum atomic E-state index is -3.34. The van der Waals surface area contributed by atoms with Crippen molar-refractivity contribution in [1.82, 2.24) is 14.6 Å². The highest BCUT2D eigenvalue weighted by Gasteiger charge is 2.62. The van der Waals surface area contributed by atoms with E-state index in [4.69, 9.17) is 4.74 Å². The molecule has 3 aliphatic rings. The highest BCUT2D eigenvalue weighted by molar-refractivity contribution is 7.88. The zero-order chi connectivity index (χ0) is 18.4. The van der Waals surface area contributed by atoms with E-state index in [0.29, 0.717) is 26.1 Å². The van der Waals surface area contributed by atoms with Crippen molar-refractivity contribution in [3.8, 4) is 0 Å². The molecule has 144 valence electrons. The van der Waals surface area contributed by atoms with Gasteiger partial charge in [-0.05, 0) is 32.1 Å². The number of fused-ring (bicyclic) bond motifs is 2. The number of nitrogens with one attached hydrogen (secondary N) is 1. The standard InChI is InChI=1S/C17H25N3O4S2/c1-26(22,23)20-14-2-3-15(20)17(9-14,8-13-10-25-11-18-13)16(21)19-12-4-6-24-7-5-12/h10-12,14-15H,2-9H2,1H3,(H,19,21)/t14-,15+,17+/m1/s1. The zero-order valence-corrected chi connectivity index (χ0v) is 16.5. The predicted octanol–water partition coefficient (Wildman–Crippen LogP) is 1.16. The van der Waals surface area contributed by atoms with Crippen molar-refractivity contribution in [2.45, 2.75) is 56.7 Å². The molecule has 4 heterocycles. The first-order chi connectivity index (χ1) is 12.4. The summed E-state index contributed by atoms with van der Waals surface area (Å²) in [4.78, 5) is 17.8. The van der Waals surface area contributed by atoms with Gasteiger partial charge in [-0.15, -0.1) is 11.3 Å². The molecule has 1 amide bonds. The average Bonchev–Trinajstić information content (AvgIpc) is 3.30. The molecular weight excluding hydrogens is 374 g/mol. The van der Waals surface area contributed by atoms with Gasteiger partial charge in [0.1, 0.15) is 0 Å². The summed E-state index contributed by atoms with van der Waals surface area (Å²) in [6.07, 6.45) is 5.53. The molecule has 0 saturated carbocycles. The maximum absolute atomic E-state index is 13.4. The second kappa shape index (κ2) is 6.85. The third-order valence-electron chi connectivity index (χ3n) is 6.05. The summed E-state index contributed by atoms with van der Waals surface area (Å²) in [5.41, 5.74) is 1.91. The van der Waals surface area contributed by atoms with Crippen LogP contribution in [-0.2, 0) is 26.0 Å². The van der Waals surface area contributed by atoms with E-state index in [1.54, 1.807) is 9.82 Å². The van der Waals surface area contributed by atoms with Crippen molar-refractivity contribution >= 4 is 27.3 Å². The van der Waals surface area contributed by atoms with E-state index in [1.165, 1.54) is 17.6 Å². The number of hydrogen-bond acceptors (Lipinski definition) is 6. The van der Waals surface area contributed by atoms with Crippen LogP contribution in [0.25, 0.3) is 0 Å². The summed E-state index contributed by atoms with van der Waals surface area (Å²) in [6.45, 7) is 1.32. The predicted molar refractivity (Wildman–Crippen MR) is 98.3 cm³/mol. The Balaban J connectivity index is 1.64. The molecule has 9 heteroatoms. The van der Waals surface area contributed by atoms with E-state index >= 15 is 0 Å². The van der Waals surface area contributed by atoms with Gasteiger partial charge in [0, 0.05) is 43.1 Å². The molecule has 1 aromatic heterocycles. The van der Waals surface area contributed by atoms with Crippen LogP contribution in [0.5, 0.6) is 0 Å². The summed E-state index contributed by atoms with van der Waals surface area (Å²) < 4.78 is 31.7. The van der Waals surface area contributed by atoms with Crippen molar-refractivity contribution in [1.29, 1.82) is 0 Å². The van der Waals surface area contributed by atoms with Gasteiger partial charge in [0.2, 0.25) is 15.9 Å². The number of thiazole rings is 1. The van der Waals surface area contributed by atoms with Gasteiger partial charge in [0.15, 0.2) is 0 Å². The number of rotatable bonds is 5. The van der Waals surface area contributed by atoms with Gasteiger partial charge >= 0.3 is 0 Å². The summed E-state index contributed by atoms with van der Waals surface area (Å²) in [6, 6.07) is -0.243. The number of amides is 1. The van der Waals surface area contributed by atoms with Crippen molar-refractivity contribution < 1.29 is 17.9 Å². The Morgan fingerprint density at radius 1 is 1.38 bits per heavy atom. The minimum Gasteiger partial charge on any atom is -0.381 e. The average molecular weight is 400 g/mol. The van der Waals surface area contributed by atoms with Gasteiger partial charge in [-0.25, -0.2) is 13.4 Å². The number of aromatic nitrogens is 1. The van der Waals surface area contributed by atoms with Crippen LogP contribution >= 0.6 is 11.3 Å². The molecule has 3 aliphatic heterocycles. The Kier molecular flexibility index (Phi) is 4.83. The van der Waals surface area contributed by atoms with Crippen molar-refractivity contribution in [3.63, 3.8) is 0 Å². The Bertz CT molecular complexity index is 761. The second-order valence-corrected chi connectivity index (χ2v) is 10.3. The first kappa shape index (κ1) is 18.3. The number of sulfonamides is 1. The Morgan fingerprint density at radius 2 is 2.15 bits per heavy atom. The molecule has 0 unspecified atom stereocenters. The molecule has 7 nitrogen and oxygen atoms in total. The number of ether oxygens (including phenoxy) is 1. The molecule has 0 radical (unpaired) electrons. The lowest BCUT2D eigenvalue weighted by Crippen LogP contribution is -2.54. The molecule has 1 aromatic rings. The lowest BCUT2D eigenvalue weighted by Gasteiger charge is -2.37. The largest absolute Gasteiger partial charge is 0.381 e. The van der Waals surface area contributed by atoms with E-state index in [1.807, 2.05) is 5.38 Å². The summed E-state index contributed by atoms with van der Waals surface area (Å²) >= 11 is 1.50. The fraction of sp³-hybridized carbons (Fsp3) is 0.765. The van der Waals surface area contributed by atoms with Gasteiger partial charge in [0.25, 0.3) is 0 Å². The minimum absolute atomic E-state index is 0.0155. The number of nitrogens with zero attached hydrogens (tertiary/aromatic N) is 2. The van der Waals surface area contributed by atoms with E-state index in [9.17, 15) is 13.2 Å². The number of carbonyl (C=O) groups excluding carboxylic acids is 1. The third-order valence-corrected chi connectivity index (χ3v) is 8.00. The van der Waals surface area contributed by atoms with Crippen LogP contribution in [-0.4, -0.2) is 61.2 Å². The molecule has 3 saturated heterocycles. The normalized spacial score (nSPS) is 32.8. The van der Waals surface area contributed by atoms with Crippen LogP contribution in [0.15, 0.2) is 10.9 Å². The van der Waals surface area contributed by atoms with Crippen molar-refractivity contribution in [2.24, 2.45) is 5.41 Å². The smallest absolute Gasteiger partial charge is 0.228 e. The molecule has 0 aliphatic carbocycles. The van der Waals surface area contributed by atoms with E-state index in [0.717, 1.165) is 31.4 Å². The maximum Gasteiger partial charge on any atom is 0.228 e. The van der Waals surface area contributed by atoms with Gasteiger partial charge in [-0.2, -0.15) is 4.31 Å². The topological polar surface area (TPSA) is 88.6 Å². The summed E-state index contributed by atoms with van der Waals surface area (Å²) in [7, 11) is -3.34. The summed E-state index contributed by atoms with van der Waals surface area (Å²) in [5, 5.41) is 5.16.